The Morgan fingerprint density at radius 2 is 2.00 bits per heavy atom. The number of nitrogens with zero attached hydrogens (tertiary/aromatic N) is 1. The molecule has 2 rings (SSSR count). The van der Waals surface area contributed by atoms with Crippen LogP contribution in [0.25, 0.3) is 0 Å². The van der Waals surface area contributed by atoms with E-state index in [9.17, 15) is 8.42 Å². The van der Waals surface area contributed by atoms with Gasteiger partial charge < -0.3 is 5.32 Å². The molecule has 0 amide bonds. The van der Waals surface area contributed by atoms with Crippen LogP contribution in [-0.2, 0) is 10.0 Å². The minimum Gasteiger partial charge on any atom is -0.313 e. The third kappa shape index (κ3) is 3.43. The molecule has 0 bridgehead atoms. The lowest BCUT2D eigenvalue weighted by atomic mass is 10.2. The van der Waals surface area contributed by atoms with Gasteiger partial charge in [-0.2, -0.15) is 0 Å². The second-order valence-electron chi connectivity index (χ2n) is 4.82. The van der Waals surface area contributed by atoms with E-state index >= 15 is 0 Å². The topological polar surface area (TPSA) is 49.4 Å². The van der Waals surface area contributed by atoms with Crippen LogP contribution in [0.4, 0.5) is 0 Å². The highest BCUT2D eigenvalue weighted by Gasteiger charge is 2.30. The average molecular weight is 232 g/mol. The van der Waals surface area contributed by atoms with E-state index in [2.05, 4.69) is 5.32 Å². The third-order valence-electron chi connectivity index (χ3n) is 3.21. The van der Waals surface area contributed by atoms with Gasteiger partial charge in [0.15, 0.2) is 0 Å². The van der Waals surface area contributed by atoms with Crippen molar-refractivity contribution in [3.63, 3.8) is 0 Å². The lowest BCUT2D eigenvalue weighted by molar-refractivity contribution is 0.361. The summed E-state index contributed by atoms with van der Waals surface area (Å²) in [6.07, 6.45) is 6.00. The van der Waals surface area contributed by atoms with Crippen molar-refractivity contribution in [1.29, 1.82) is 0 Å². The van der Waals surface area contributed by atoms with Gasteiger partial charge in [0.1, 0.15) is 0 Å². The Morgan fingerprint density at radius 3 is 2.47 bits per heavy atom. The van der Waals surface area contributed by atoms with Crippen molar-refractivity contribution in [3.05, 3.63) is 0 Å². The summed E-state index contributed by atoms with van der Waals surface area (Å²) in [5.74, 6) is 0.626. The fourth-order valence-electron chi connectivity index (χ4n) is 2.09. The molecule has 1 saturated carbocycles. The molecule has 0 aromatic rings. The minimum atomic E-state index is -3.01. The van der Waals surface area contributed by atoms with Crippen LogP contribution >= 0.6 is 0 Å². The highest BCUT2D eigenvalue weighted by Crippen LogP contribution is 2.30. The molecule has 1 aliphatic carbocycles. The van der Waals surface area contributed by atoms with Crippen LogP contribution in [-0.4, -0.2) is 44.7 Å². The van der Waals surface area contributed by atoms with Gasteiger partial charge in [-0.25, -0.2) is 12.7 Å². The van der Waals surface area contributed by atoms with Gasteiger partial charge in [0.25, 0.3) is 0 Å². The molecule has 0 aromatic heterocycles. The number of rotatable bonds is 5. The molecular weight excluding hydrogens is 212 g/mol. The molecule has 1 saturated heterocycles. The molecule has 1 aliphatic heterocycles. The first-order valence-corrected chi connectivity index (χ1v) is 7.59. The minimum absolute atomic E-state index is 0.374. The van der Waals surface area contributed by atoms with Crippen molar-refractivity contribution in [2.75, 3.05) is 25.9 Å². The predicted molar refractivity (Wildman–Crippen MR) is 60.2 cm³/mol. The van der Waals surface area contributed by atoms with Gasteiger partial charge in [-0.05, 0) is 38.1 Å². The van der Waals surface area contributed by atoms with Gasteiger partial charge in [0.05, 0.1) is 6.26 Å². The van der Waals surface area contributed by atoms with Crippen LogP contribution < -0.4 is 5.32 Å². The normalized spacial score (nSPS) is 27.5. The maximum atomic E-state index is 11.6. The Labute approximate surface area is 92.1 Å². The summed E-state index contributed by atoms with van der Waals surface area (Å²) in [6.45, 7) is 2.43. The Bertz CT molecular complexity index is 305. The standard InChI is InChI=1S/C10H20N2O2S/c1-15(13,14)12(7-9-4-5-9)8-10-3-2-6-11-10/h9-11H,2-8H2,1H3. The molecule has 0 spiro atoms. The fraction of sp³-hybridized carbons (Fsp3) is 1.00. The Hall–Kier alpha value is -0.130. The van der Waals surface area contributed by atoms with Gasteiger partial charge in [-0.1, -0.05) is 0 Å². The zero-order valence-corrected chi connectivity index (χ0v) is 10.1. The highest BCUT2D eigenvalue weighted by atomic mass is 32.2. The molecule has 1 N–H and O–H groups in total. The molecule has 0 radical (unpaired) electrons. The third-order valence-corrected chi connectivity index (χ3v) is 4.45. The van der Waals surface area contributed by atoms with Crippen LogP contribution in [0.2, 0.25) is 0 Å². The van der Waals surface area contributed by atoms with Crippen LogP contribution in [0.5, 0.6) is 0 Å². The van der Waals surface area contributed by atoms with Crippen molar-refractivity contribution in [3.8, 4) is 0 Å². The maximum absolute atomic E-state index is 11.6. The summed E-state index contributed by atoms with van der Waals surface area (Å²) in [6, 6.07) is 0.374. The first kappa shape index (κ1) is 11.4. The Kier molecular flexibility index (Phi) is 3.33. The van der Waals surface area contributed by atoms with E-state index < -0.39 is 10.0 Å². The van der Waals surface area contributed by atoms with Crippen LogP contribution in [0.15, 0.2) is 0 Å². The summed E-state index contributed by atoms with van der Waals surface area (Å²) in [4.78, 5) is 0. The predicted octanol–water partition coefficient (Wildman–Crippen LogP) is 0.410. The molecule has 0 aromatic carbocycles. The number of hydrogen-bond acceptors (Lipinski definition) is 3. The number of nitrogens with one attached hydrogen (secondary N) is 1. The first-order valence-electron chi connectivity index (χ1n) is 5.74. The van der Waals surface area contributed by atoms with Crippen molar-refractivity contribution >= 4 is 10.0 Å². The maximum Gasteiger partial charge on any atom is 0.211 e. The van der Waals surface area contributed by atoms with Gasteiger partial charge >= 0.3 is 0 Å². The summed E-state index contributed by atoms with van der Waals surface area (Å²) in [5.41, 5.74) is 0. The first-order chi connectivity index (χ1) is 7.05. The lowest BCUT2D eigenvalue weighted by Gasteiger charge is -2.23. The van der Waals surface area contributed by atoms with E-state index in [0.29, 0.717) is 18.5 Å². The van der Waals surface area contributed by atoms with E-state index in [1.807, 2.05) is 0 Å². The molecule has 1 heterocycles. The van der Waals surface area contributed by atoms with Crippen molar-refractivity contribution < 1.29 is 8.42 Å². The zero-order valence-electron chi connectivity index (χ0n) is 9.28. The molecule has 2 fully saturated rings. The molecule has 88 valence electrons. The SMILES string of the molecule is CS(=O)(=O)N(CC1CC1)CC1CCCN1. The molecule has 1 unspecified atom stereocenters. The Balaban J connectivity index is 1.91. The number of hydrogen-bond donors (Lipinski definition) is 1. The van der Waals surface area contributed by atoms with Gasteiger partial charge in [-0.3, -0.25) is 0 Å². The van der Waals surface area contributed by atoms with Crippen LogP contribution in [0.1, 0.15) is 25.7 Å². The summed E-state index contributed by atoms with van der Waals surface area (Å²) < 4.78 is 24.8. The number of sulfonamides is 1. The van der Waals surface area contributed by atoms with E-state index in [0.717, 1.165) is 19.5 Å². The second kappa shape index (κ2) is 4.39. The van der Waals surface area contributed by atoms with E-state index in [1.165, 1.54) is 25.5 Å². The summed E-state index contributed by atoms with van der Waals surface area (Å²) >= 11 is 0. The second-order valence-corrected chi connectivity index (χ2v) is 6.80. The molecule has 1 atom stereocenters. The molecular formula is C10H20N2O2S. The lowest BCUT2D eigenvalue weighted by Crippen LogP contribution is -2.41. The quantitative estimate of drug-likeness (QED) is 0.747. The molecule has 2 aliphatic rings. The average Bonchev–Trinajstić information content (AvgIpc) is 2.78. The van der Waals surface area contributed by atoms with Gasteiger partial charge in [-0.15, -0.1) is 0 Å². The van der Waals surface area contributed by atoms with Crippen LogP contribution in [0, 0.1) is 5.92 Å². The monoisotopic (exact) mass is 232 g/mol. The largest absolute Gasteiger partial charge is 0.313 e. The van der Waals surface area contributed by atoms with E-state index in [4.69, 9.17) is 0 Å². The zero-order chi connectivity index (χ0) is 10.9. The summed E-state index contributed by atoms with van der Waals surface area (Å²) in [5, 5.41) is 3.35. The molecule has 15 heavy (non-hydrogen) atoms. The van der Waals surface area contributed by atoms with E-state index in [-0.39, 0.29) is 0 Å². The smallest absolute Gasteiger partial charge is 0.211 e. The van der Waals surface area contributed by atoms with Crippen molar-refractivity contribution in [2.24, 2.45) is 5.92 Å². The van der Waals surface area contributed by atoms with Gasteiger partial charge in [0, 0.05) is 19.1 Å². The highest BCUT2D eigenvalue weighted by molar-refractivity contribution is 7.88. The summed E-state index contributed by atoms with van der Waals surface area (Å²) in [7, 11) is -3.01. The van der Waals surface area contributed by atoms with Crippen LogP contribution in [0.3, 0.4) is 0 Å². The van der Waals surface area contributed by atoms with E-state index in [1.54, 1.807) is 4.31 Å². The fourth-order valence-corrected chi connectivity index (χ4v) is 3.02. The molecule has 5 heteroatoms. The molecule has 4 nitrogen and oxygen atoms in total. The Morgan fingerprint density at radius 1 is 1.27 bits per heavy atom. The van der Waals surface area contributed by atoms with Gasteiger partial charge in [0.2, 0.25) is 10.0 Å². The van der Waals surface area contributed by atoms with Crippen molar-refractivity contribution in [2.45, 2.75) is 31.7 Å². The van der Waals surface area contributed by atoms with Crippen molar-refractivity contribution in [1.82, 2.24) is 9.62 Å².